The van der Waals surface area contributed by atoms with Crippen molar-refractivity contribution >= 4 is 23.5 Å². The SMILES string of the molecule is C[C@@H](NC(=O)c1ccc(Cl)cc1F)C(=O)OC(C)(C)C. The average Bonchev–Trinajstić information content (AvgIpc) is 2.26. The highest BCUT2D eigenvalue weighted by molar-refractivity contribution is 6.30. The third kappa shape index (κ3) is 4.81. The Balaban J connectivity index is 2.73. The van der Waals surface area contributed by atoms with Crippen molar-refractivity contribution in [1.82, 2.24) is 5.32 Å². The van der Waals surface area contributed by atoms with E-state index in [9.17, 15) is 14.0 Å². The van der Waals surface area contributed by atoms with Gasteiger partial charge in [0.1, 0.15) is 17.5 Å². The van der Waals surface area contributed by atoms with Crippen molar-refractivity contribution in [3.8, 4) is 0 Å². The van der Waals surface area contributed by atoms with E-state index in [1.54, 1.807) is 20.8 Å². The van der Waals surface area contributed by atoms with E-state index in [4.69, 9.17) is 16.3 Å². The van der Waals surface area contributed by atoms with Gasteiger partial charge in [0, 0.05) is 5.02 Å². The number of hydrogen-bond acceptors (Lipinski definition) is 3. The van der Waals surface area contributed by atoms with Crippen LogP contribution in [0.2, 0.25) is 5.02 Å². The van der Waals surface area contributed by atoms with E-state index in [0.717, 1.165) is 6.07 Å². The van der Waals surface area contributed by atoms with Crippen LogP contribution in [-0.4, -0.2) is 23.5 Å². The number of carbonyl (C=O) groups excluding carboxylic acids is 2. The van der Waals surface area contributed by atoms with Gasteiger partial charge < -0.3 is 10.1 Å². The van der Waals surface area contributed by atoms with Crippen molar-refractivity contribution in [3.63, 3.8) is 0 Å². The van der Waals surface area contributed by atoms with E-state index in [-0.39, 0.29) is 10.6 Å². The number of rotatable bonds is 3. The second-order valence-electron chi connectivity index (χ2n) is 5.35. The van der Waals surface area contributed by atoms with Crippen molar-refractivity contribution in [3.05, 3.63) is 34.6 Å². The second-order valence-corrected chi connectivity index (χ2v) is 5.79. The molecule has 0 spiro atoms. The molecule has 0 aliphatic rings. The molecule has 1 aromatic carbocycles. The maximum Gasteiger partial charge on any atom is 0.328 e. The molecular formula is C14H17ClFNO3. The minimum atomic E-state index is -0.878. The molecule has 0 saturated carbocycles. The van der Waals surface area contributed by atoms with Crippen LogP contribution >= 0.6 is 11.6 Å². The predicted molar refractivity (Wildman–Crippen MR) is 74.2 cm³/mol. The van der Waals surface area contributed by atoms with E-state index in [2.05, 4.69) is 5.32 Å². The lowest BCUT2D eigenvalue weighted by atomic mass is 10.1. The monoisotopic (exact) mass is 301 g/mol. The Bertz CT molecular complexity index is 526. The summed E-state index contributed by atoms with van der Waals surface area (Å²) in [7, 11) is 0. The van der Waals surface area contributed by atoms with Gasteiger partial charge >= 0.3 is 5.97 Å². The Hall–Kier alpha value is -1.62. The van der Waals surface area contributed by atoms with Gasteiger partial charge in [-0.05, 0) is 45.9 Å². The van der Waals surface area contributed by atoms with Crippen molar-refractivity contribution in [2.75, 3.05) is 0 Å². The summed E-state index contributed by atoms with van der Waals surface area (Å²) in [5.74, 6) is -2.02. The highest BCUT2D eigenvalue weighted by Crippen LogP contribution is 2.15. The second kappa shape index (κ2) is 6.22. The summed E-state index contributed by atoms with van der Waals surface area (Å²) in [6.45, 7) is 6.63. The minimum absolute atomic E-state index is 0.176. The Labute approximate surface area is 122 Å². The first-order valence-electron chi connectivity index (χ1n) is 6.09. The minimum Gasteiger partial charge on any atom is -0.458 e. The molecule has 1 rings (SSSR count). The summed E-state index contributed by atoms with van der Waals surface area (Å²) in [4.78, 5) is 23.6. The molecule has 0 fully saturated rings. The van der Waals surface area contributed by atoms with Gasteiger partial charge in [-0.25, -0.2) is 9.18 Å². The molecule has 0 aliphatic heterocycles. The standard InChI is InChI=1S/C14H17ClFNO3/c1-8(13(19)20-14(2,3)4)17-12(18)10-6-5-9(15)7-11(10)16/h5-8H,1-4H3,(H,17,18)/t8-/m1/s1. The molecule has 0 aromatic heterocycles. The number of ether oxygens (including phenoxy) is 1. The summed E-state index contributed by atoms with van der Waals surface area (Å²) < 4.78 is 18.7. The zero-order chi connectivity index (χ0) is 15.5. The molecule has 0 radical (unpaired) electrons. The lowest BCUT2D eigenvalue weighted by Crippen LogP contribution is -2.42. The smallest absolute Gasteiger partial charge is 0.328 e. The molecule has 110 valence electrons. The zero-order valence-corrected chi connectivity index (χ0v) is 12.5. The lowest BCUT2D eigenvalue weighted by molar-refractivity contribution is -0.156. The first kappa shape index (κ1) is 16.4. The van der Waals surface area contributed by atoms with Crippen LogP contribution in [-0.2, 0) is 9.53 Å². The van der Waals surface area contributed by atoms with Gasteiger partial charge in [0.25, 0.3) is 5.91 Å². The molecule has 1 amide bonds. The Kier molecular flexibility index (Phi) is 5.11. The van der Waals surface area contributed by atoms with Crippen molar-refractivity contribution < 1.29 is 18.7 Å². The summed E-state index contributed by atoms with van der Waals surface area (Å²) in [5, 5.41) is 2.58. The van der Waals surface area contributed by atoms with Crippen molar-refractivity contribution in [2.45, 2.75) is 39.3 Å². The number of amides is 1. The number of benzene rings is 1. The van der Waals surface area contributed by atoms with Crippen LogP contribution in [0.5, 0.6) is 0 Å². The first-order chi connectivity index (χ1) is 9.10. The predicted octanol–water partition coefficient (Wildman–Crippen LogP) is 2.94. The normalized spacial score (nSPS) is 12.7. The third-order valence-electron chi connectivity index (χ3n) is 2.28. The molecule has 0 unspecified atom stereocenters. The highest BCUT2D eigenvalue weighted by Gasteiger charge is 2.24. The molecule has 0 bridgehead atoms. The molecule has 1 aromatic rings. The molecule has 4 nitrogen and oxygen atoms in total. The first-order valence-corrected chi connectivity index (χ1v) is 6.47. The Morgan fingerprint density at radius 3 is 2.45 bits per heavy atom. The molecule has 0 aliphatic carbocycles. The van der Waals surface area contributed by atoms with Gasteiger partial charge in [-0.3, -0.25) is 4.79 Å². The van der Waals surface area contributed by atoms with Crippen LogP contribution in [0, 0.1) is 5.82 Å². The number of nitrogens with one attached hydrogen (secondary N) is 1. The molecule has 0 heterocycles. The van der Waals surface area contributed by atoms with Gasteiger partial charge in [-0.15, -0.1) is 0 Å². The van der Waals surface area contributed by atoms with E-state index >= 15 is 0 Å². The van der Waals surface area contributed by atoms with E-state index in [1.165, 1.54) is 19.1 Å². The van der Waals surface area contributed by atoms with Crippen LogP contribution in [0.15, 0.2) is 18.2 Å². The molecule has 1 N–H and O–H groups in total. The van der Waals surface area contributed by atoms with Crippen LogP contribution in [0.1, 0.15) is 38.1 Å². The topological polar surface area (TPSA) is 55.4 Å². The Morgan fingerprint density at radius 1 is 1.35 bits per heavy atom. The number of hydrogen-bond donors (Lipinski definition) is 1. The molecule has 6 heteroatoms. The molecule has 1 atom stereocenters. The number of esters is 1. The summed E-state index contributed by atoms with van der Waals surface area (Å²) in [5.41, 5.74) is -0.827. The fourth-order valence-electron chi connectivity index (χ4n) is 1.40. The van der Waals surface area contributed by atoms with Gasteiger partial charge in [0.15, 0.2) is 0 Å². The zero-order valence-electron chi connectivity index (χ0n) is 11.8. The average molecular weight is 302 g/mol. The van der Waals surface area contributed by atoms with Crippen LogP contribution in [0.25, 0.3) is 0 Å². The summed E-state index contributed by atoms with van der Waals surface area (Å²) in [6.07, 6.45) is 0. The fourth-order valence-corrected chi connectivity index (χ4v) is 1.56. The molecular weight excluding hydrogens is 285 g/mol. The Morgan fingerprint density at radius 2 is 1.95 bits per heavy atom. The fraction of sp³-hybridized carbons (Fsp3) is 0.429. The number of carbonyl (C=O) groups is 2. The van der Waals surface area contributed by atoms with Gasteiger partial charge in [-0.1, -0.05) is 11.6 Å². The van der Waals surface area contributed by atoms with E-state index in [0.29, 0.717) is 0 Å². The lowest BCUT2D eigenvalue weighted by Gasteiger charge is -2.22. The van der Waals surface area contributed by atoms with Crippen LogP contribution in [0.4, 0.5) is 4.39 Å². The maximum absolute atomic E-state index is 13.6. The van der Waals surface area contributed by atoms with Gasteiger partial charge in [0.2, 0.25) is 0 Å². The maximum atomic E-state index is 13.6. The van der Waals surface area contributed by atoms with Crippen LogP contribution in [0.3, 0.4) is 0 Å². The highest BCUT2D eigenvalue weighted by atomic mass is 35.5. The summed E-state index contributed by atoms with van der Waals surface area (Å²) in [6, 6.07) is 2.82. The summed E-state index contributed by atoms with van der Waals surface area (Å²) >= 11 is 5.60. The van der Waals surface area contributed by atoms with Gasteiger partial charge in [-0.2, -0.15) is 0 Å². The molecule has 0 saturated heterocycles. The van der Waals surface area contributed by atoms with Crippen molar-refractivity contribution in [1.29, 1.82) is 0 Å². The van der Waals surface area contributed by atoms with Crippen LogP contribution < -0.4 is 5.32 Å². The molecule has 20 heavy (non-hydrogen) atoms. The van der Waals surface area contributed by atoms with Crippen molar-refractivity contribution in [2.24, 2.45) is 0 Å². The number of halogens is 2. The largest absolute Gasteiger partial charge is 0.458 e. The quantitative estimate of drug-likeness (QED) is 0.873. The van der Waals surface area contributed by atoms with E-state index < -0.39 is 29.3 Å². The third-order valence-corrected chi connectivity index (χ3v) is 2.52. The van der Waals surface area contributed by atoms with E-state index in [1.807, 2.05) is 0 Å². The van der Waals surface area contributed by atoms with Gasteiger partial charge in [0.05, 0.1) is 5.56 Å².